The van der Waals surface area contributed by atoms with Gasteiger partial charge in [-0.2, -0.15) is 0 Å². The van der Waals surface area contributed by atoms with Crippen LogP contribution in [0.2, 0.25) is 0 Å². The lowest BCUT2D eigenvalue weighted by Crippen LogP contribution is -2.48. The lowest BCUT2D eigenvalue weighted by atomic mass is 9.87. The summed E-state index contributed by atoms with van der Waals surface area (Å²) in [6.07, 6.45) is 7.21. The predicted molar refractivity (Wildman–Crippen MR) is 134 cm³/mol. The van der Waals surface area contributed by atoms with Gasteiger partial charge < -0.3 is 20.5 Å². The van der Waals surface area contributed by atoms with E-state index in [1.807, 2.05) is 17.7 Å². The number of halogens is 2. The summed E-state index contributed by atoms with van der Waals surface area (Å²) >= 11 is 0. The van der Waals surface area contributed by atoms with Crippen molar-refractivity contribution in [1.82, 2.24) is 25.1 Å². The van der Waals surface area contributed by atoms with Crippen LogP contribution in [0.3, 0.4) is 0 Å². The Labute approximate surface area is 210 Å². The highest BCUT2D eigenvalue weighted by molar-refractivity contribution is 5.94. The second kappa shape index (κ2) is 11.9. The highest BCUT2D eigenvalue weighted by Crippen LogP contribution is 2.26. The van der Waals surface area contributed by atoms with E-state index in [0.29, 0.717) is 55.6 Å². The molecular weight excluding hydrogens is 466 g/mol. The zero-order valence-electron chi connectivity index (χ0n) is 21.0. The molecule has 1 aliphatic carbocycles. The fourth-order valence-electron chi connectivity index (χ4n) is 5.11. The van der Waals surface area contributed by atoms with Crippen molar-refractivity contribution in [2.75, 3.05) is 31.5 Å². The van der Waals surface area contributed by atoms with Gasteiger partial charge in [0.25, 0.3) is 0 Å². The van der Waals surface area contributed by atoms with Gasteiger partial charge in [0.15, 0.2) is 5.82 Å². The number of anilines is 1. The van der Waals surface area contributed by atoms with Crippen molar-refractivity contribution in [3.05, 3.63) is 47.4 Å². The second-order valence-corrected chi connectivity index (χ2v) is 9.92. The molecule has 196 valence electrons. The molecule has 3 N–H and O–H groups in total. The minimum absolute atomic E-state index is 0.0627. The van der Waals surface area contributed by atoms with Gasteiger partial charge in [0.05, 0.1) is 12.4 Å². The van der Waals surface area contributed by atoms with Crippen LogP contribution in [-0.4, -0.2) is 64.5 Å². The minimum atomic E-state index is -0.548. The minimum Gasteiger partial charge on any atom is -0.355 e. The van der Waals surface area contributed by atoms with Crippen molar-refractivity contribution < 1.29 is 18.4 Å². The smallest absolute Gasteiger partial charge is 0.242 e. The summed E-state index contributed by atoms with van der Waals surface area (Å²) in [7, 11) is 0. The third kappa shape index (κ3) is 6.67. The molecule has 3 atom stereocenters. The standard InChI is InChI=1S/C26H36F2N6O2/c1-3-4-23(31-20-6-5-18-11-19(27)12-22(28)21(18)13-20)26(36)32-24-15-34(16-30-24)17(2)14-33-9-7-25(35)29-8-10-33/h11-12,15-17,20,23,31H,3-10,13-14H2,1-2H3,(H,29,35)(H,32,36)/t17-,20-,23-/m0/s1. The summed E-state index contributed by atoms with van der Waals surface area (Å²) in [5.74, 6) is -0.663. The molecule has 1 aliphatic heterocycles. The molecule has 2 aliphatic rings. The summed E-state index contributed by atoms with van der Waals surface area (Å²) in [6.45, 7) is 7.07. The molecule has 1 aromatic carbocycles. The molecule has 10 heteroatoms. The van der Waals surface area contributed by atoms with Crippen molar-refractivity contribution in [2.24, 2.45) is 0 Å². The maximum absolute atomic E-state index is 14.3. The van der Waals surface area contributed by atoms with Gasteiger partial charge in [0.1, 0.15) is 11.6 Å². The number of aryl methyl sites for hydroxylation is 1. The van der Waals surface area contributed by atoms with E-state index < -0.39 is 17.7 Å². The maximum Gasteiger partial charge on any atom is 0.242 e. The van der Waals surface area contributed by atoms with Crippen molar-refractivity contribution in [3.8, 4) is 0 Å². The van der Waals surface area contributed by atoms with Crippen molar-refractivity contribution in [1.29, 1.82) is 0 Å². The molecule has 36 heavy (non-hydrogen) atoms. The Hall–Kier alpha value is -2.85. The summed E-state index contributed by atoms with van der Waals surface area (Å²) < 4.78 is 29.8. The Morgan fingerprint density at radius 1 is 1.28 bits per heavy atom. The number of benzene rings is 1. The van der Waals surface area contributed by atoms with Gasteiger partial charge in [0.2, 0.25) is 11.8 Å². The number of nitrogens with one attached hydrogen (secondary N) is 3. The number of nitrogens with zero attached hydrogens (tertiary/aromatic N) is 3. The number of hydrogen-bond acceptors (Lipinski definition) is 5. The predicted octanol–water partition coefficient (Wildman–Crippen LogP) is 2.80. The van der Waals surface area contributed by atoms with Gasteiger partial charge in [-0.3, -0.25) is 14.5 Å². The highest BCUT2D eigenvalue weighted by atomic mass is 19.1. The van der Waals surface area contributed by atoms with E-state index in [4.69, 9.17) is 0 Å². The van der Waals surface area contributed by atoms with Gasteiger partial charge >= 0.3 is 0 Å². The summed E-state index contributed by atoms with van der Waals surface area (Å²) in [5, 5.41) is 9.22. The molecule has 1 aromatic heterocycles. The zero-order chi connectivity index (χ0) is 25.7. The van der Waals surface area contributed by atoms with Crippen LogP contribution in [0, 0.1) is 11.6 Å². The fourth-order valence-corrected chi connectivity index (χ4v) is 5.11. The highest BCUT2D eigenvalue weighted by Gasteiger charge is 2.27. The number of imidazole rings is 1. The topological polar surface area (TPSA) is 91.3 Å². The fraction of sp³-hybridized carbons (Fsp3) is 0.577. The first kappa shape index (κ1) is 26.2. The van der Waals surface area contributed by atoms with E-state index >= 15 is 0 Å². The molecule has 0 unspecified atom stereocenters. The van der Waals surface area contributed by atoms with Crippen molar-refractivity contribution >= 4 is 17.6 Å². The third-order valence-corrected chi connectivity index (χ3v) is 7.09. The normalized spacial score (nSPS) is 20.2. The molecule has 1 saturated heterocycles. The van der Waals surface area contributed by atoms with Crippen LogP contribution in [-0.2, 0) is 22.4 Å². The van der Waals surface area contributed by atoms with Crippen molar-refractivity contribution in [2.45, 2.75) is 70.5 Å². The number of amides is 2. The first-order chi connectivity index (χ1) is 17.3. The SMILES string of the molecule is CCC[C@H](N[C@H]1CCc2cc(F)cc(F)c2C1)C(=O)Nc1cn([C@@H](C)CN2CCNC(=O)CC2)cn1. The number of hydrogen-bond donors (Lipinski definition) is 3. The van der Waals surface area contributed by atoms with Crippen LogP contribution in [0.5, 0.6) is 0 Å². The molecule has 8 nitrogen and oxygen atoms in total. The van der Waals surface area contributed by atoms with Crippen LogP contribution in [0.15, 0.2) is 24.7 Å². The van der Waals surface area contributed by atoms with E-state index in [-0.39, 0.29) is 23.9 Å². The largest absolute Gasteiger partial charge is 0.355 e. The van der Waals surface area contributed by atoms with Gasteiger partial charge in [-0.15, -0.1) is 0 Å². The number of aromatic nitrogens is 2. The number of carbonyl (C=O) groups excluding carboxylic acids is 2. The second-order valence-electron chi connectivity index (χ2n) is 9.92. The summed E-state index contributed by atoms with van der Waals surface area (Å²) in [4.78, 5) is 31.3. The lowest BCUT2D eigenvalue weighted by molar-refractivity contribution is -0.120. The molecule has 2 amide bonds. The maximum atomic E-state index is 14.3. The Kier molecular flexibility index (Phi) is 8.68. The molecule has 1 fully saturated rings. The van der Waals surface area contributed by atoms with Crippen molar-refractivity contribution in [3.63, 3.8) is 0 Å². The van der Waals surface area contributed by atoms with E-state index in [9.17, 15) is 18.4 Å². The Bertz CT molecular complexity index is 1070. The first-order valence-corrected chi connectivity index (χ1v) is 12.9. The lowest BCUT2D eigenvalue weighted by Gasteiger charge is -2.29. The molecule has 4 rings (SSSR count). The van der Waals surface area contributed by atoms with Gasteiger partial charge in [-0.05, 0) is 49.8 Å². The van der Waals surface area contributed by atoms with Crippen LogP contribution in [0.1, 0.15) is 56.7 Å². The van der Waals surface area contributed by atoms with Crippen LogP contribution in [0.4, 0.5) is 14.6 Å². The Morgan fingerprint density at radius 2 is 2.11 bits per heavy atom. The number of carbonyl (C=O) groups is 2. The van der Waals surface area contributed by atoms with Gasteiger partial charge in [-0.1, -0.05) is 13.3 Å². The summed E-state index contributed by atoms with van der Waals surface area (Å²) in [6, 6.07) is 1.97. The molecule has 0 bridgehead atoms. The van der Waals surface area contributed by atoms with Crippen LogP contribution in [0.25, 0.3) is 0 Å². The van der Waals surface area contributed by atoms with Gasteiger partial charge in [0, 0.05) is 56.9 Å². The van der Waals surface area contributed by atoms with Crippen LogP contribution < -0.4 is 16.0 Å². The molecule has 0 radical (unpaired) electrons. The van der Waals surface area contributed by atoms with Gasteiger partial charge in [-0.25, -0.2) is 13.8 Å². The van der Waals surface area contributed by atoms with E-state index in [1.165, 1.54) is 6.07 Å². The summed E-state index contributed by atoms with van der Waals surface area (Å²) in [5.41, 5.74) is 1.25. The number of rotatable bonds is 9. The van der Waals surface area contributed by atoms with E-state index in [2.05, 4.69) is 32.8 Å². The van der Waals surface area contributed by atoms with Crippen LogP contribution >= 0.6 is 0 Å². The molecule has 2 heterocycles. The average Bonchev–Trinajstić information content (AvgIpc) is 3.21. The Morgan fingerprint density at radius 3 is 2.92 bits per heavy atom. The molecular formula is C26H36F2N6O2. The molecule has 2 aromatic rings. The number of fused-ring (bicyclic) bond motifs is 1. The zero-order valence-corrected chi connectivity index (χ0v) is 21.0. The average molecular weight is 503 g/mol. The first-order valence-electron chi connectivity index (χ1n) is 12.9. The molecule has 0 saturated carbocycles. The third-order valence-electron chi connectivity index (χ3n) is 7.09. The Balaban J connectivity index is 1.33. The van der Waals surface area contributed by atoms with E-state index in [0.717, 1.165) is 32.1 Å². The molecule has 0 spiro atoms. The monoisotopic (exact) mass is 502 g/mol. The quantitative estimate of drug-likeness (QED) is 0.491. The van der Waals surface area contributed by atoms with E-state index in [1.54, 1.807) is 6.33 Å².